The number of aromatic nitrogens is 1. The summed E-state index contributed by atoms with van der Waals surface area (Å²) in [6.07, 6.45) is -1.97. The Morgan fingerprint density at radius 2 is 1.88 bits per heavy atom. The normalized spacial score (nSPS) is 14.7. The Labute approximate surface area is 246 Å². The second kappa shape index (κ2) is 13.0. The molecule has 11 heteroatoms. The number of hydrogen-bond acceptors (Lipinski definition) is 7. The number of aliphatic hydroxyl groups excluding tert-OH is 1. The summed E-state index contributed by atoms with van der Waals surface area (Å²) in [7, 11) is 2.56. The molecule has 2 aliphatic rings. The molecule has 42 heavy (non-hydrogen) atoms. The highest BCUT2D eigenvalue weighted by Gasteiger charge is 2.38. The number of phenols is 1. The molecule has 2 heterocycles. The second-order valence-corrected chi connectivity index (χ2v) is 10.5. The van der Waals surface area contributed by atoms with E-state index in [4.69, 9.17) is 21.4 Å². The molecule has 1 aliphatic heterocycles. The average Bonchev–Trinajstić information content (AvgIpc) is 3.72. The van der Waals surface area contributed by atoms with Crippen LogP contribution in [0.1, 0.15) is 45.6 Å². The number of rotatable bonds is 9. The van der Waals surface area contributed by atoms with Crippen LogP contribution in [0.5, 0.6) is 11.6 Å². The minimum atomic E-state index is -4.72. The van der Waals surface area contributed by atoms with Crippen molar-refractivity contribution < 1.29 is 32.9 Å². The Bertz CT molecular complexity index is 1510. The van der Waals surface area contributed by atoms with Gasteiger partial charge in [-0.05, 0) is 60.6 Å². The van der Waals surface area contributed by atoms with Gasteiger partial charge >= 0.3 is 6.18 Å². The van der Waals surface area contributed by atoms with Crippen molar-refractivity contribution in [3.8, 4) is 11.6 Å². The molecule has 0 unspecified atom stereocenters. The first-order valence-electron chi connectivity index (χ1n) is 13.2. The summed E-state index contributed by atoms with van der Waals surface area (Å²) in [5.74, 6) is 0.137. The molecule has 1 aromatic heterocycles. The Morgan fingerprint density at radius 1 is 1.14 bits per heavy atom. The highest BCUT2D eigenvalue weighted by atomic mass is 35.5. The van der Waals surface area contributed by atoms with E-state index in [2.05, 4.69) is 9.98 Å². The summed E-state index contributed by atoms with van der Waals surface area (Å²) < 4.78 is 48.2. The van der Waals surface area contributed by atoms with Crippen molar-refractivity contribution in [1.82, 2.24) is 4.98 Å². The van der Waals surface area contributed by atoms with E-state index in [1.165, 1.54) is 23.1 Å². The van der Waals surface area contributed by atoms with Crippen LogP contribution in [0, 0.1) is 12.8 Å². The number of aliphatic hydroxyl groups is 1. The number of aryl methyl sites for hydroxylation is 1. The van der Waals surface area contributed by atoms with Gasteiger partial charge in [0.2, 0.25) is 5.88 Å². The van der Waals surface area contributed by atoms with Crippen LogP contribution in [0.4, 0.5) is 18.9 Å². The van der Waals surface area contributed by atoms with Gasteiger partial charge in [-0.15, -0.1) is 0 Å². The van der Waals surface area contributed by atoms with Crippen LogP contribution < -0.4 is 9.64 Å². The number of aliphatic imine (C=N–C) groups is 1. The number of nitrogens with zero attached hydrogens (tertiary/aromatic N) is 3. The monoisotopic (exact) mass is 601 g/mol. The summed E-state index contributed by atoms with van der Waals surface area (Å²) in [4.78, 5) is 21.0. The van der Waals surface area contributed by atoms with E-state index in [0.29, 0.717) is 34.3 Å². The molecular formula is C31H31ClF3N3O4. The molecule has 1 fully saturated rings. The molecule has 3 aromatic rings. The van der Waals surface area contributed by atoms with Gasteiger partial charge in [0.25, 0.3) is 0 Å². The number of ether oxygens (including phenoxy) is 1. The number of benzene rings is 2. The minimum absolute atomic E-state index is 0.0262. The lowest BCUT2D eigenvalue weighted by molar-refractivity contribution is -0.140. The van der Waals surface area contributed by atoms with Crippen LogP contribution in [-0.4, -0.2) is 54.5 Å². The lowest BCUT2D eigenvalue weighted by Crippen LogP contribution is -2.22. The topological polar surface area (TPSA) is 95.2 Å². The zero-order valence-corrected chi connectivity index (χ0v) is 24.1. The van der Waals surface area contributed by atoms with E-state index in [-0.39, 0.29) is 30.5 Å². The maximum Gasteiger partial charge on any atom is 0.435 e. The van der Waals surface area contributed by atoms with Crippen molar-refractivity contribution in [1.29, 1.82) is 0 Å². The maximum absolute atomic E-state index is 14.1. The standard InChI is InChI=1S/C30H27ClF3N3O3.CH4O/c1-17-12-18(6-7-20(17)15-38)14-37(2)24-10-11-26(36-29(24)30(32,33)34)40-16-22-21(19-8-9-19)13-35-28(22)27-23(31)4-3-5-25(27)39;1-2/h3-7,10-12,15,19,39H,8-9,13-14,16H2,1-2H3;2H,1H3. The van der Waals surface area contributed by atoms with Gasteiger partial charge in [0.1, 0.15) is 18.6 Å². The summed E-state index contributed by atoms with van der Waals surface area (Å²) in [5.41, 5.74) is 3.53. The average molecular weight is 602 g/mol. The molecule has 0 amide bonds. The van der Waals surface area contributed by atoms with Crippen molar-refractivity contribution in [3.05, 3.63) is 92.6 Å². The largest absolute Gasteiger partial charge is 0.507 e. The highest BCUT2D eigenvalue weighted by Crippen LogP contribution is 2.43. The first kappa shape index (κ1) is 31.1. The Balaban J connectivity index is 0.00000198. The van der Waals surface area contributed by atoms with Gasteiger partial charge in [0.05, 0.1) is 28.5 Å². The van der Waals surface area contributed by atoms with Crippen LogP contribution in [-0.2, 0) is 12.7 Å². The molecule has 7 nitrogen and oxygen atoms in total. The van der Waals surface area contributed by atoms with Crippen LogP contribution in [0.15, 0.2) is 64.7 Å². The molecular weight excluding hydrogens is 571 g/mol. The third kappa shape index (κ3) is 6.77. The third-order valence-corrected chi connectivity index (χ3v) is 7.47. The molecule has 222 valence electrons. The van der Waals surface area contributed by atoms with Crippen molar-refractivity contribution in [2.75, 3.05) is 32.2 Å². The number of anilines is 1. The molecule has 0 spiro atoms. The zero-order chi connectivity index (χ0) is 30.6. The molecule has 2 N–H and O–H groups in total. The minimum Gasteiger partial charge on any atom is -0.507 e. The first-order valence-corrected chi connectivity index (χ1v) is 13.6. The van der Waals surface area contributed by atoms with Crippen molar-refractivity contribution in [2.24, 2.45) is 10.9 Å². The predicted octanol–water partition coefficient (Wildman–Crippen LogP) is 6.41. The van der Waals surface area contributed by atoms with Crippen LogP contribution in [0.3, 0.4) is 0 Å². The number of pyridine rings is 1. The van der Waals surface area contributed by atoms with Gasteiger partial charge in [0, 0.05) is 37.9 Å². The number of hydrogen-bond donors (Lipinski definition) is 2. The Hall–Kier alpha value is -3.89. The highest BCUT2D eigenvalue weighted by molar-refractivity contribution is 6.36. The van der Waals surface area contributed by atoms with Gasteiger partial charge in [-0.2, -0.15) is 13.2 Å². The lowest BCUT2D eigenvalue weighted by atomic mass is 9.97. The molecule has 0 saturated heterocycles. The summed E-state index contributed by atoms with van der Waals surface area (Å²) in [6.45, 7) is 2.34. The lowest BCUT2D eigenvalue weighted by Gasteiger charge is -2.24. The number of alkyl halides is 3. The quantitative estimate of drug-likeness (QED) is 0.275. The van der Waals surface area contributed by atoms with Gasteiger partial charge in [-0.1, -0.05) is 35.9 Å². The van der Waals surface area contributed by atoms with E-state index in [9.17, 15) is 23.1 Å². The van der Waals surface area contributed by atoms with Crippen molar-refractivity contribution >= 4 is 29.3 Å². The number of carbonyl (C=O) groups is 1. The van der Waals surface area contributed by atoms with Crippen LogP contribution >= 0.6 is 11.6 Å². The number of halogens is 4. The van der Waals surface area contributed by atoms with Gasteiger partial charge in [-0.3, -0.25) is 9.79 Å². The van der Waals surface area contributed by atoms with E-state index in [1.807, 2.05) is 0 Å². The molecule has 0 bridgehead atoms. The molecule has 1 aliphatic carbocycles. The second-order valence-electron chi connectivity index (χ2n) is 10.0. The van der Waals surface area contributed by atoms with Crippen molar-refractivity contribution in [3.63, 3.8) is 0 Å². The van der Waals surface area contributed by atoms with Gasteiger partial charge in [-0.25, -0.2) is 4.98 Å². The molecule has 5 rings (SSSR count). The third-order valence-electron chi connectivity index (χ3n) is 7.15. The fourth-order valence-electron chi connectivity index (χ4n) is 4.96. The van der Waals surface area contributed by atoms with Gasteiger partial charge in [0.15, 0.2) is 5.69 Å². The number of phenolic OH excluding ortho intramolecular Hbond substituents is 1. The number of carbonyl (C=O) groups excluding carboxylic acids is 1. The van der Waals surface area contributed by atoms with Gasteiger partial charge < -0.3 is 19.8 Å². The number of aromatic hydroxyl groups is 1. The smallest absolute Gasteiger partial charge is 0.435 e. The van der Waals surface area contributed by atoms with Crippen molar-refractivity contribution in [2.45, 2.75) is 32.5 Å². The fraction of sp³-hybridized carbons (Fsp3) is 0.323. The van der Waals surface area contributed by atoms with Crippen LogP contribution in [0.25, 0.3) is 0 Å². The number of aldehydes is 1. The molecule has 2 aromatic carbocycles. The maximum atomic E-state index is 14.1. The van der Waals surface area contributed by atoms with E-state index < -0.39 is 11.9 Å². The van der Waals surface area contributed by atoms with Crippen LogP contribution in [0.2, 0.25) is 5.02 Å². The SMILES string of the molecule is CO.Cc1cc(CN(C)c2ccc(OCC3=C(C4CC4)CN=C3c3c(O)cccc3Cl)nc2C(F)(F)F)ccc1C=O. The molecule has 1 saturated carbocycles. The zero-order valence-electron chi connectivity index (χ0n) is 23.4. The molecule has 0 radical (unpaired) electrons. The van der Waals surface area contributed by atoms with E-state index >= 15 is 0 Å². The predicted molar refractivity (Wildman–Crippen MR) is 156 cm³/mol. The molecule has 0 atom stereocenters. The Morgan fingerprint density at radius 3 is 2.50 bits per heavy atom. The Kier molecular flexibility index (Phi) is 9.58. The summed E-state index contributed by atoms with van der Waals surface area (Å²) in [6, 6.07) is 12.7. The van der Waals surface area contributed by atoms with E-state index in [0.717, 1.165) is 48.5 Å². The summed E-state index contributed by atoms with van der Waals surface area (Å²) in [5, 5.41) is 17.8. The van der Waals surface area contributed by atoms with E-state index in [1.54, 1.807) is 44.3 Å². The fourth-order valence-corrected chi connectivity index (χ4v) is 5.22. The summed E-state index contributed by atoms with van der Waals surface area (Å²) >= 11 is 6.37. The first-order chi connectivity index (χ1) is 20.1.